The highest BCUT2D eigenvalue weighted by molar-refractivity contribution is 8.23. The topological polar surface area (TPSA) is 36.9 Å². The highest BCUT2D eigenvalue weighted by Crippen LogP contribution is 2.48. The monoisotopic (exact) mass is 367 g/mol. The van der Waals surface area contributed by atoms with Gasteiger partial charge in [-0.25, -0.2) is 5.01 Å². The van der Waals surface area contributed by atoms with Gasteiger partial charge in [-0.3, -0.25) is 0 Å². The van der Waals surface area contributed by atoms with E-state index in [0.717, 1.165) is 39.9 Å². The van der Waals surface area contributed by atoms with Gasteiger partial charge in [-0.2, -0.15) is 5.10 Å². The van der Waals surface area contributed by atoms with Crippen molar-refractivity contribution in [3.63, 3.8) is 0 Å². The SMILES string of the molecule is S=C1N[C@@]2(CCS1)Oc1ccccc1[C@H]1CC(c3ccccc3)=NN12. The van der Waals surface area contributed by atoms with Gasteiger partial charge in [-0.05, 0) is 11.6 Å². The Kier molecular flexibility index (Phi) is 3.50. The van der Waals surface area contributed by atoms with E-state index >= 15 is 0 Å². The second-order valence-electron chi connectivity index (χ2n) is 6.41. The van der Waals surface area contributed by atoms with Crippen molar-refractivity contribution < 1.29 is 4.74 Å². The van der Waals surface area contributed by atoms with Gasteiger partial charge < -0.3 is 10.1 Å². The predicted molar refractivity (Wildman–Crippen MR) is 105 cm³/mol. The molecule has 0 aromatic heterocycles. The molecule has 2 aromatic carbocycles. The fourth-order valence-electron chi connectivity index (χ4n) is 3.76. The first-order chi connectivity index (χ1) is 12.3. The Labute approximate surface area is 156 Å². The number of ether oxygens (including phenoxy) is 1. The van der Waals surface area contributed by atoms with Crippen LogP contribution in [-0.4, -0.2) is 26.6 Å². The molecule has 5 rings (SSSR count). The molecule has 6 heteroatoms. The number of nitrogens with zero attached hydrogens (tertiary/aromatic N) is 2. The summed E-state index contributed by atoms with van der Waals surface area (Å²) in [4.78, 5) is 0. The number of hydrazone groups is 1. The van der Waals surface area contributed by atoms with Crippen LogP contribution in [0.5, 0.6) is 5.75 Å². The molecule has 0 saturated carbocycles. The maximum Gasteiger partial charge on any atom is 0.278 e. The zero-order chi connectivity index (χ0) is 16.9. The third-order valence-electron chi connectivity index (χ3n) is 4.92. The van der Waals surface area contributed by atoms with Gasteiger partial charge in [0.2, 0.25) is 0 Å². The minimum atomic E-state index is -0.683. The van der Waals surface area contributed by atoms with E-state index in [1.807, 2.05) is 18.2 Å². The van der Waals surface area contributed by atoms with Crippen molar-refractivity contribution in [2.45, 2.75) is 24.7 Å². The lowest BCUT2D eigenvalue weighted by Gasteiger charge is -2.49. The maximum atomic E-state index is 6.44. The Morgan fingerprint density at radius 3 is 2.80 bits per heavy atom. The standard InChI is InChI=1S/C19H17N3OS2/c24-18-20-19(10-11-25-18)22-16(14-8-4-5-9-17(14)23-19)12-15(21-22)13-6-2-1-3-7-13/h1-9,16H,10-12H2,(H,20,24)/t16-,19-/m1/s1. The summed E-state index contributed by atoms with van der Waals surface area (Å²) in [6.45, 7) is 0. The molecule has 4 nitrogen and oxygen atoms in total. The number of thiocarbonyl (C=S) groups is 1. The van der Waals surface area contributed by atoms with Crippen molar-refractivity contribution in [3.05, 3.63) is 65.7 Å². The first-order valence-electron chi connectivity index (χ1n) is 8.40. The van der Waals surface area contributed by atoms with Gasteiger partial charge in [0.1, 0.15) is 10.1 Å². The smallest absolute Gasteiger partial charge is 0.278 e. The molecular formula is C19H17N3OS2. The van der Waals surface area contributed by atoms with Crippen LogP contribution in [0, 0.1) is 0 Å². The van der Waals surface area contributed by atoms with Crippen molar-refractivity contribution in [2.24, 2.45) is 5.10 Å². The molecule has 1 N–H and O–H groups in total. The van der Waals surface area contributed by atoms with Crippen LogP contribution in [0.2, 0.25) is 0 Å². The number of nitrogens with one attached hydrogen (secondary N) is 1. The van der Waals surface area contributed by atoms with Gasteiger partial charge in [0, 0.05) is 24.2 Å². The lowest BCUT2D eigenvalue weighted by Crippen LogP contribution is -2.65. The van der Waals surface area contributed by atoms with Gasteiger partial charge in [-0.1, -0.05) is 72.5 Å². The molecule has 25 heavy (non-hydrogen) atoms. The molecule has 0 aliphatic carbocycles. The van der Waals surface area contributed by atoms with Crippen molar-refractivity contribution in [3.8, 4) is 5.75 Å². The van der Waals surface area contributed by atoms with Gasteiger partial charge in [0.25, 0.3) is 5.85 Å². The Morgan fingerprint density at radius 1 is 1.16 bits per heavy atom. The third kappa shape index (κ3) is 2.43. The molecule has 0 radical (unpaired) electrons. The Bertz CT molecular complexity index is 870. The van der Waals surface area contributed by atoms with Crippen molar-refractivity contribution in [1.82, 2.24) is 10.3 Å². The summed E-state index contributed by atoms with van der Waals surface area (Å²) in [6.07, 6.45) is 1.70. The van der Waals surface area contributed by atoms with Crippen LogP contribution in [-0.2, 0) is 0 Å². The Hall–Kier alpha value is -2.05. The number of hydrogen-bond acceptors (Lipinski definition) is 5. The van der Waals surface area contributed by atoms with Crippen LogP contribution in [0.4, 0.5) is 0 Å². The number of benzene rings is 2. The molecule has 0 bridgehead atoms. The third-order valence-corrected chi connectivity index (χ3v) is 6.14. The highest BCUT2D eigenvalue weighted by atomic mass is 32.2. The van der Waals surface area contributed by atoms with Gasteiger partial charge in [0.05, 0.1) is 11.8 Å². The average molecular weight is 367 g/mol. The van der Waals surface area contributed by atoms with Crippen molar-refractivity contribution in [2.75, 3.05) is 5.75 Å². The highest BCUT2D eigenvalue weighted by Gasteiger charge is 2.52. The van der Waals surface area contributed by atoms with E-state index in [1.54, 1.807) is 11.8 Å². The van der Waals surface area contributed by atoms with E-state index in [-0.39, 0.29) is 6.04 Å². The van der Waals surface area contributed by atoms with Crippen LogP contribution < -0.4 is 10.1 Å². The largest absolute Gasteiger partial charge is 0.448 e. The van der Waals surface area contributed by atoms with Crippen LogP contribution in [0.15, 0.2) is 59.7 Å². The van der Waals surface area contributed by atoms with Crippen molar-refractivity contribution in [1.29, 1.82) is 0 Å². The van der Waals surface area contributed by atoms with Crippen molar-refractivity contribution >= 4 is 34.0 Å². The second kappa shape index (κ2) is 5.75. The summed E-state index contributed by atoms with van der Waals surface area (Å²) in [5.74, 6) is 1.17. The molecule has 3 aliphatic heterocycles. The molecule has 2 aromatic rings. The molecule has 3 aliphatic rings. The molecule has 3 heterocycles. The van der Waals surface area contributed by atoms with E-state index in [4.69, 9.17) is 22.1 Å². The Balaban J connectivity index is 1.62. The number of para-hydroxylation sites is 1. The maximum absolute atomic E-state index is 6.44. The molecule has 126 valence electrons. The fourth-order valence-corrected chi connectivity index (χ4v) is 4.96. The summed E-state index contributed by atoms with van der Waals surface area (Å²) >= 11 is 7.10. The average Bonchev–Trinajstić information content (AvgIpc) is 3.09. The summed E-state index contributed by atoms with van der Waals surface area (Å²) < 4.78 is 7.21. The zero-order valence-corrected chi connectivity index (χ0v) is 15.1. The normalized spacial score (nSPS) is 27.2. The molecule has 0 unspecified atom stereocenters. The van der Waals surface area contributed by atoms with Crippen LogP contribution in [0.1, 0.15) is 30.0 Å². The summed E-state index contributed by atoms with van der Waals surface area (Å²) in [5.41, 5.74) is 3.45. The van der Waals surface area contributed by atoms with Gasteiger partial charge in [-0.15, -0.1) is 0 Å². The summed E-state index contributed by atoms with van der Waals surface area (Å²) in [7, 11) is 0. The van der Waals surface area contributed by atoms with Crippen LogP contribution >= 0.6 is 24.0 Å². The molecule has 1 spiro atoms. The minimum Gasteiger partial charge on any atom is -0.448 e. The Morgan fingerprint density at radius 2 is 1.96 bits per heavy atom. The van der Waals surface area contributed by atoms with E-state index in [1.165, 1.54) is 5.56 Å². The molecule has 0 amide bonds. The minimum absolute atomic E-state index is 0.165. The van der Waals surface area contributed by atoms with E-state index in [9.17, 15) is 0 Å². The molecule has 1 saturated heterocycles. The summed E-state index contributed by atoms with van der Waals surface area (Å²) in [6, 6.07) is 18.8. The number of rotatable bonds is 1. The quantitative estimate of drug-likeness (QED) is 0.774. The molecule has 1 fully saturated rings. The second-order valence-corrected chi connectivity index (χ2v) is 8.18. The first kappa shape index (κ1) is 15.2. The predicted octanol–water partition coefficient (Wildman–Crippen LogP) is 3.90. The number of hydrogen-bond donors (Lipinski definition) is 1. The lowest BCUT2D eigenvalue weighted by atomic mass is 9.95. The van der Waals surface area contributed by atoms with Crippen LogP contribution in [0.25, 0.3) is 0 Å². The van der Waals surface area contributed by atoms with Crippen LogP contribution in [0.3, 0.4) is 0 Å². The first-order valence-corrected chi connectivity index (χ1v) is 9.80. The van der Waals surface area contributed by atoms with E-state index in [0.29, 0.717) is 0 Å². The van der Waals surface area contributed by atoms with E-state index in [2.05, 4.69) is 46.7 Å². The van der Waals surface area contributed by atoms with Gasteiger partial charge in [0.15, 0.2) is 0 Å². The zero-order valence-electron chi connectivity index (χ0n) is 13.5. The molecular weight excluding hydrogens is 350 g/mol. The van der Waals surface area contributed by atoms with E-state index < -0.39 is 5.85 Å². The summed E-state index contributed by atoms with van der Waals surface area (Å²) in [5, 5.41) is 10.5. The number of thioether (sulfide) groups is 1. The molecule has 2 atom stereocenters. The van der Waals surface area contributed by atoms with Gasteiger partial charge >= 0.3 is 0 Å². The number of fused-ring (bicyclic) bond motifs is 4. The fraction of sp³-hybridized carbons (Fsp3) is 0.263. The lowest BCUT2D eigenvalue weighted by molar-refractivity contribution is -0.132.